The van der Waals surface area contributed by atoms with Crippen molar-refractivity contribution >= 4 is 0 Å². The van der Waals surface area contributed by atoms with E-state index in [0.29, 0.717) is 0 Å². The van der Waals surface area contributed by atoms with Crippen molar-refractivity contribution in [1.82, 2.24) is 5.32 Å². The Morgan fingerprint density at radius 1 is 1.23 bits per heavy atom. The van der Waals surface area contributed by atoms with Gasteiger partial charge in [-0.2, -0.15) is 0 Å². The van der Waals surface area contributed by atoms with E-state index in [4.69, 9.17) is 0 Å². The molecule has 1 N–H and O–H groups in total. The highest BCUT2D eigenvalue weighted by molar-refractivity contribution is 5.14. The van der Waals surface area contributed by atoms with Crippen molar-refractivity contribution in [2.45, 2.75) is 19.3 Å². The zero-order valence-electron chi connectivity index (χ0n) is 8.00. The maximum atomic E-state index is 3.41. The van der Waals surface area contributed by atoms with Gasteiger partial charge in [-0.25, -0.2) is 0 Å². The maximum absolute atomic E-state index is 3.41. The molecule has 1 heteroatoms. The second-order valence-corrected chi connectivity index (χ2v) is 3.88. The molecule has 1 aromatic rings. The first-order chi connectivity index (χ1) is 6.45. The molecular weight excluding hydrogens is 158 g/mol. The van der Waals surface area contributed by atoms with Gasteiger partial charge in [0.15, 0.2) is 0 Å². The molecule has 0 radical (unpaired) electrons. The third-order valence-electron chi connectivity index (χ3n) is 2.85. The van der Waals surface area contributed by atoms with Crippen LogP contribution in [-0.2, 0) is 6.42 Å². The molecule has 0 unspecified atom stereocenters. The molecule has 2 rings (SSSR count). The summed E-state index contributed by atoms with van der Waals surface area (Å²) in [7, 11) is 0. The zero-order chi connectivity index (χ0) is 8.93. The van der Waals surface area contributed by atoms with E-state index in [-0.39, 0.29) is 0 Å². The van der Waals surface area contributed by atoms with Crippen LogP contribution in [0.3, 0.4) is 0 Å². The largest absolute Gasteiger partial charge is 0.316 e. The van der Waals surface area contributed by atoms with Crippen LogP contribution in [0.2, 0.25) is 0 Å². The van der Waals surface area contributed by atoms with Gasteiger partial charge in [-0.05, 0) is 43.8 Å². The van der Waals surface area contributed by atoms with Crippen LogP contribution in [0.4, 0.5) is 0 Å². The van der Waals surface area contributed by atoms with Gasteiger partial charge in [0, 0.05) is 0 Å². The Bertz CT molecular complexity index is 237. The van der Waals surface area contributed by atoms with Gasteiger partial charge in [0.2, 0.25) is 0 Å². The van der Waals surface area contributed by atoms with Crippen LogP contribution in [-0.4, -0.2) is 13.1 Å². The third kappa shape index (κ3) is 2.56. The molecule has 1 nitrogen and oxygen atoms in total. The average Bonchev–Trinajstić information content (AvgIpc) is 2.69. The number of hydrogen-bond acceptors (Lipinski definition) is 1. The lowest BCUT2D eigenvalue weighted by Crippen LogP contribution is -2.09. The molecule has 0 bridgehead atoms. The first-order valence-electron chi connectivity index (χ1n) is 5.20. The van der Waals surface area contributed by atoms with Crippen molar-refractivity contribution in [1.29, 1.82) is 0 Å². The Labute approximate surface area is 80.2 Å². The Morgan fingerprint density at radius 3 is 2.77 bits per heavy atom. The van der Waals surface area contributed by atoms with Crippen molar-refractivity contribution in [3.05, 3.63) is 35.9 Å². The summed E-state index contributed by atoms with van der Waals surface area (Å²) < 4.78 is 0. The fourth-order valence-corrected chi connectivity index (χ4v) is 1.98. The SMILES string of the molecule is c1ccc(CC[C@@H]2CCNC2)cc1. The van der Waals surface area contributed by atoms with Gasteiger partial charge in [0.05, 0.1) is 0 Å². The fourth-order valence-electron chi connectivity index (χ4n) is 1.98. The Kier molecular flexibility index (Phi) is 2.98. The minimum absolute atomic E-state index is 0.917. The predicted molar refractivity (Wildman–Crippen MR) is 55.7 cm³/mol. The summed E-state index contributed by atoms with van der Waals surface area (Å²) in [4.78, 5) is 0. The molecular formula is C12H17N. The van der Waals surface area contributed by atoms with Crippen molar-refractivity contribution in [2.75, 3.05) is 13.1 Å². The number of hydrogen-bond donors (Lipinski definition) is 1. The molecule has 0 spiro atoms. The molecule has 13 heavy (non-hydrogen) atoms. The summed E-state index contributed by atoms with van der Waals surface area (Å²) >= 11 is 0. The van der Waals surface area contributed by atoms with Crippen LogP contribution in [0.15, 0.2) is 30.3 Å². The molecule has 70 valence electrons. The molecule has 0 amide bonds. The predicted octanol–water partition coefficient (Wildman–Crippen LogP) is 2.23. The zero-order valence-corrected chi connectivity index (χ0v) is 8.00. The van der Waals surface area contributed by atoms with Gasteiger partial charge in [0.1, 0.15) is 0 Å². The van der Waals surface area contributed by atoms with E-state index in [1.165, 1.54) is 37.9 Å². The smallest absolute Gasteiger partial charge is 0.00199 e. The van der Waals surface area contributed by atoms with E-state index in [1.54, 1.807) is 0 Å². The average molecular weight is 175 g/mol. The Hall–Kier alpha value is -0.820. The second kappa shape index (κ2) is 4.43. The second-order valence-electron chi connectivity index (χ2n) is 3.88. The number of aryl methyl sites for hydroxylation is 1. The van der Waals surface area contributed by atoms with Gasteiger partial charge >= 0.3 is 0 Å². The van der Waals surface area contributed by atoms with Crippen molar-refractivity contribution < 1.29 is 0 Å². The van der Waals surface area contributed by atoms with E-state index in [9.17, 15) is 0 Å². The molecule has 1 saturated heterocycles. The first kappa shape index (κ1) is 8.76. The monoisotopic (exact) mass is 175 g/mol. The van der Waals surface area contributed by atoms with Gasteiger partial charge in [-0.1, -0.05) is 30.3 Å². The maximum Gasteiger partial charge on any atom is -0.00199 e. The summed E-state index contributed by atoms with van der Waals surface area (Å²) in [6.45, 7) is 2.45. The van der Waals surface area contributed by atoms with Crippen LogP contribution in [0, 0.1) is 5.92 Å². The lowest BCUT2D eigenvalue weighted by molar-refractivity contribution is 0.533. The summed E-state index contributed by atoms with van der Waals surface area (Å²) in [5.41, 5.74) is 1.48. The van der Waals surface area contributed by atoms with Gasteiger partial charge < -0.3 is 5.32 Å². The van der Waals surface area contributed by atoms with E-state index in [0.717, 1.165) is 5.92 Å². The normalized spacial score (nSPS) is 22.0. The van der Waals surface area contributed by atoms with Gasteiger partial charge in [-0.3, -0.25) is 0 Å². The molecule has 0 saturated carbocycles. The van der Waals surface area contributed by atoms with Crippen LogP contribution >= 0.6 is 0 Å². The number of benzene rings is 1. The number of rotatable bonds is 3. The molecule has 0 aromatic heterocycles. The molecule has 1 aliphatic rings. The lowest BCUT2D eigenvalue weighted by atomic mass is 9.99. The lowest BCUT2D eigenvalue weighted by Gasteiger charge is -2.07. The fraction of sp³-hybridized carbons (Fsp3) is 0.500. The van der Waals surface area contributed by atoms with Crippen LogP contribution in [0.1, 0.15) is 18.4 Å². The summed E-state index contributed by atoms with van der Waals surface area (Å²) in [5, 5.41) is 3.41. The Balaban J connectivity index is 1.79. The van der Waals surface area contributed by atoms with E-state index in [2.05, 4.69) is 35.6 Å². The summed E-state index contributed by atoms with van der Waals surface area (Å²) in [6.07, 6.45) is 3.96. The summed E-state index contributed by atoms with van der Waals surface area (Å²) in [6, 6.07) is 10.8. The molecule has 0 aliphatic carbocycles. The minimum atomic E-state index is 0.917. The highest BCUT2D eigenvalue weighted by Gasteiger charge is 2.13. The van der Waals surface area contributed by atoms with Crippen LogP contribution in [0.5, 0.6) is 0 Å². The summed E-state index contributed by atoms with van der Waals surface area (Å²) in [5.74, 6) is 0.917. The highest BCUT2D eigenvalue weighted by Crippen LogP contribution is 2.15. The molecule has 1 aliphatic heterocycles. The van der Waals surface area contributed by atoms with Crippen molar-refractivity contribution in [3.8, 4) is 0 Å². The van der Waals surface area contributed by atoms with Crippen molar-refractivity contribution in [3.63, 3.8) is 0 Å². The van der Waals surface area contributed by atoms with E-state index < -0.39 is 0 Å². The Morgan fingerprint density at radius 2 is 2.08 bits per heavy atom. The van der Waals surface area contributed by atoms with Crippen LogP contribution < -0.4 is 5.32 Å². The molecule has 1 aromatic carbocycles. The third-order valence-corrected chi connectivity index (χ3v) is 2.85. The topological polar surface area (TPSA) is 12.0 Å². The van der Waals surface area contributed by atoms with E-state index >= 15 is 0 Å². The van der Waals surface area contributed by atoms with E-state index in [1.807, 2.05) is 0 Å². The molecule has 1 atom stereocenters. The van der Waals surface area contributed by atoms with Crippen LogP contribution in [0.25, 0.3) is 0 Å². The van der Waals surface area contributed by atoms with Crippen molar-refractivity contribution in [2.24, 2.45) is 5.92 Å². The standard InChI is InChI=1S/C12H17N/c1-2-4-11(5-3-1)6-7-12-8-9-13-10-12/h1-5,12-13H,6-10H2/t12-/m1/s1. The van der Waals surface area contributed by atoms with Gasteiger partial charge in [0.25, 0.3) is 0 Å². The molecule has 1 fully saturated rings. The first-order valence-corrected chi connectivity index (χ1v) is 5.20. The minimum Gasteiger partial charge on any atom is -0.316 e. The number of nitrogens with one attached hydrogen (secondary N) is 1. The quantitative estimate of drug-likeness (QED) is 0.743. The highest BCUT2D eigenvalue weighted by atomic mass is 14.9. The van der Waals surface area contributed by atoms with Gasteiger partial charge in [-0.15, -0.1) is 0 Å². The molecule has 1 heterocycles.